The summed E-state index contributed by atoms with van der Waals surface area (Å²) < 4.78 is 42.2. The van der Waals surface area contributed by atoms with Gasteiger partial charge in [0.05, 0.1) is 5.69 Å². The van der Waals surface area contributed by atoms with Crippen molar-refractivity contribution in [3.63, 3.8) is 0 Å². The first-order chi connectivity index (χ1) is 13.2. The number of hydrogen-bond acceptors (Lipinski definition) is 3. The number of rotatable bonds is 5. The van der Waals surface area contributed by atoms with Crippen LogP contribution in [0.2, 0.25) is 0 Å². The monoisotopic (exact) mass is 389 g/mol. The summed E-state index contributed by atoms with van der Waals surface area (Å²) in [6.07, 6.45) is -4.73. The Balaban J connectivity index is 1.70. The Kier molecular flexibility index (Phi) is 5.39. The topological polar surface area (TPSA) is 47.4 Å². The number of carbonyl (C=O) groups excluding carboxylic acids is 1. The smallest absolute Gasteiger partial charge is 0.406 e. The molecule has 8 heteroatoms. The number of benzene rings is 2. The van der Waals surface area contributed by atoms with Crippen LogP contribution in [0.3, 0.4) is 0 Å². The van der Waals surface area contributed by atoms with Gasteiger partial charge in [0.1, 0.15) is 5.75 Å². The standard InChI is InChI=1S/C20H18F3N3O2/c1-14-12-18(24-26(14)16-6-4-3-5-7-16)19(27)25(2)13-15-8-10-17(11-9-15)28-20(21,22)23/h3-12H,13H2,1-2H3. The molecule has 3 aromatic rings. The second-order valence-corrected chi connectivity index (χ2v) is 6.27. The second kappa shape index (κ2) is 7.75. The number of aryl methyl sites for hydroxylation is 1. The minimum Gasteiger partial charge on any atom is -0.406 e. The molecule has 1 amide bonds. The lowest BCUT2D eigenvalue weighted by Gasteiger charge is -2.16. The van der Waals surface area contributed by atoms with Crippen LogP contribution in [0, 0.1) is 6.92 Å². The Labute approximate surface area is 160 Å². The van der Waals surface area contributed by atoms with E-state index >= 15 is 0 Å². The van der Waals surface area contributed by atoms with Crippen molar-refractivity contribution in [2.24, 2.45) is 0 Å². The molecule has 0 saturated carbocycles. The molecule has 0 radical (unpaired) electrons. The molecule has 0 fully saturated rings. The van der Waals surface area contributed by atoms with Gasteiger partial charge in [0.25, 0.3) is 5.91 Å². The zero-order valence-corrected chi connectivity index (χ0v) is 15.3. The maximum atomic E-state index is 12.7. The lowest BCUT2D eigenvalue weighted by Crippen LogP contribution is -2.26. The normalized spacial score (nSPS) is 11.3. The van der Waals surface area contributed by atoms with E-state index in [0.29, 0.717) is 11.3 Å². The minimum atomic E-state index is -4.73. The van der Waals surface area contributed by atoms with Crippen LogP contribution in [-0.4, -0.2) is 34.0 Å². The number of aromatic nitrogens is 2. The van der Waals surface area contributed by atoms with Crippen molar-refractivity contribution < 1.29 is 22.7 Å². The van der Waals surface area contributed by atoms with Crippen LogP contribution in [0.4, 0.5) is 13.2 Å². The first-order valence-corrected chi connectivity index (χ1v) is 8.45. The molecule has 1 heterocycles. The molecule has 146 valence electrons. The molecule has 0 N–H and O–H groups in total. The van der Waals surface area contributed by atoms with E-state index in [1.807, 2.05) is 37.3 Å². The molecule has 0 unspecified atom stereocenters. The van der Waals surface area contributed by atoms with Gasteiger partial charge >= 0.3 is 6.36 Å². The van der Waals surface area contributed by atoms with Crippen molar-refractivity contribution in [1.29, 1.82) is 0 Å². The molecule has 5 nitrogen and oxygen atoms in total. The number of alkyl halides is 3. The number of halogens is 3. The maximum Gasteiger partial charge on any atom is 0.573 e. The van der Waals surface area contributed by atoms with E-state index in [2.05, 4.69) is 9.84 Å². The van der Waals surface area contributed by atoms with Gasteiger partial charge < -0.3 is 9.64 Å². The maximum absolute atomic E-state index is 12.7. The van der Waals surface area contributed by atoms with E-state index in [-0.39, 0.29) is 18.2 Å². The van der Waals surface area contributed by atoms with Crippen LogP contribution in [0.25, 0.3) is 5.69 Å². The molecule has 0 spiro atoms. The van der Waals surface area contributed by atoms with Gasteiger partial charge in [-0.3, -0.25) is 4.79 Å². The third kappa shape index (κ3) is 4.70. The Morgan fingerprint density at radius 3 is 2.36 bits per heavy atom. The Morgan fingerprint density at radius 1 is 1.11 bits per heavy atom. The van der Waals surface area contributed by atoms with Crippen LogP contribution in [0.5, 0.6) is 5.75 Å². The van der Waals surface area contributed by atoms with Gasteiger partial charge in [-0.2, -0.15) is 5.10 Å². The number of para-hydroxylation sites is 1. The largest absolute Gasteiger partial charge is 0.573 e. The van der Waals surface area contributed by atoms with E-state index in [1.165, 1.54) is 29.2 Å². The molecule has 28 heavy (non-hydrogen) atoms. The minimum absolute atomic E-state index is 0.225. The third-order valence-corrected chi connectivity index (χ3v) is 4.03. The highest BCUT2D eigenvalue weighted by Crippen LogP contribution is 2.23. The number of amides is 1. The first kappa shape index (κ1) is 19.5. The van der Waals surface area contributed by atoms with Gasteiger partial charge in [-0.25, -0.2) is 4.68 Å². The summed E-state index contributed by atoms with van der Waals surface area (Å²) in [5.41, 5.74) is 2.63. The zero-order chi connectivity index (χ0) is 20.3. The summed E-state index contributed by atoms with van der Waals surface area (Å²) in [6.45, 7) is 2.08. The summed E-state index contributed by atoms with van der Waals surface area (Å²) in [5.74, 6) is -0.587. The second-order valence-electron chi connectivity index (χ2n) is 6.27. The molecule has 2 aromatic carbocycles. The number of ether oxygens (including phenoxy) is 1. The van der Waals surface area contributed by atoms with Crippen LogP contribution in [-0.2, 0) is 6.54 Å². The van der Waals surface area contributed by atoms with Crippen LogP contribution < -0.4 is 4.74 Å². The average Bonchev–Trinajstić information content (AvgIpc) is 3.04. The van der Waals surface area contributed by atoms with E-state index in [1.54, 1.807) is 17.8 Å². The molecule has 0 atom stereocenters. The van der Waals surface area contributed by atoms with Crippen LogP contribution in [0.1, 0.15) is 21.7 Å². The van der Waals surface area contributed by atoms with Gasteiger partial charge in [-0.15, -0.1) is 13.2 Å². The summed E-state index contributed by atoms with van der Waals surface area (Å²) in [5, 5.41) is 4.38. The van der Waals surface area contributed by atoms with E-state index in [4.69, 9.17) is 0 Å². The highest BCUT2D eigenvalue weighted by atomic mass is 19.4. The number of carbonyl (C=O) groups is 1. The van der Waals surface area contributed by atoms with Gasteiger partial charge in [0, 0.05) is 19.3 Å². The molecular weight excluding hydrogens is 371 g/mol. The van der Waals surface area contributed by atoms with Gasteiger partial charge in [0.2, 0.25) is 0 Å². The molecule has 1 aromatic heterocycles. The molecule has 0 aliphatic carbocycles. The van der Waals surface area contributed by atoms with E-state index < -0.39 is 6.36 Å². The predicted octanol–water partition coefficient (Wildman–Crippen LogP) is 4.35. The molecule has 0 aliphatic rings. The van der Waals surface area contributed by atoms with Crippen molar-refractivity contribution in [3.8, 4) is 11.4 Å². The van der Waals surface area contributed by atoms with Gasteiger partial charge in [0.15, 0.2) is 5.69 Å². The molecule has 0 bridgehead atoms. The quantitative estimate of drug-likeness (QED) is 0.652. The Bertz CT molecular complexity index is 951. The van der Waals surface area contributed by atoms with E-state index in [9.17, 15) is 18.0 Å². The van der Waals surface area contributed by atoms with Crippen molar-refractivity contribution in [2.45, 2.75) is 19.8 Å². The molecule has 3 rings (SSSR count). The summed E-state index contributed by atoms with van der Waals surface area (Å²) in [4.78, 5) is 14.1. The lowest BCUT2D eigenvalue weighted by atomic mass is 10.2. The fourth-order valence-corrected chi connectivity index (χ4v) is 2.75. The fraction of sp³-hybridized carbons (Fsp3) is 0.200. The van der Waals surface area contributed by atoms with Crippen LogP contribution in [0.15, 0.2) is 60.7 Å². The first-order valence-electron chi connectivity index (χ1n) is 8.45. The Hall–Kier alpha value is -3.29. The average molecular weight is 389 g/mol. The van der Waals surface area contributed by atoms with Crippen LogP contribution >= 0.6 is 0 Å². The Morgan fingerprint density at radius 2 is 1.75 bits per heavy atom. The third-order valence-electron chi connectivity index (χ3n) is 4.03. The van der Waals surface area contributed by atoms with Crippen molar-refractivity contribution >= 4 is 5.91 Å². The SMILES string of the molecule is Cc1cc(C(=O)N(C)Cc2ccc(OC(F)(F)F)cc2)nn1-c1ccccc1. The highest BCUT2D eigenvalue weighted by Gasteiger charge is 2.31. The lowest BCUT2D eigenvalue weighted by molar-refractivity contribution is -0.274. The number of nitrogens with zero attached hydrogens (tertiary/aromatic N) is 3. The van der Waals surface area contributed by atoms with Gasteiger partial charge in [-0.1, -0.05) is 30.3 Å². The summed E-state index contributed by atoms with van der Waals surface area (Å²) in [7, 11) is 1.61. The fourth-order valence-electron chi connectivity index (χ4n) is 2.75. The highest BCUT2D eigenvalue weighted by molar-refractivity contribution is 5.92. The molecular formula is C20H18F3N3O2. The predicted molar refractivity (Wildman–Crippen MR) is 97.2 cm³/mol. The van der Waals surface area contributed by atoms with Crippen molar-refractivity contribution in [3.05, 3.63) is 77.6 Å². The zero-order valence-electron chi connectivity index (χ0n) is 15.3. The number of hydrogen-bond donors (Lipinski definition) is 0. The summed E-state index contributed by atoms with van der Waals surface area (Å²) >= 11 is 0. The van der Waals surface area contributed by atoms with Gasteiger partial charge in [-0.05, 0) is 42.8 Å². The molecule has 0 aliphatic heterocycles. The molecule has 0 saturated heterocycles. The van der Waals surface area contributed by atoms with Crippen molar-refractivity contribution in [2.75, 3.05) is 7.05 Å². The van der Waals surface area contributed by atoms with E-state index in [0.717, 1.165) is 11.4 Å². The summed E-state index contributed by atoms with van der Waals surface area (Å²) in [6, 6.07) is 16.6. The van der Waals surface area contributed by atoms with Crippen molar-refractivity contribution in [1.82, 2.24) is 14.7 Å².